The predicted molar refractivity (Wildman–Crippen MR) is 82.6 cm³/mol. The second-order valence-corrected chi connectivity index (χ2v) is 5.90. The molecule has 5 nitrogen and oxygen atoms in total. The number of aryl methyl sites for hydroxylation is 2. The molecule has 0 spiro atoms. The summed E-state index contributed by atoms with van der Waals surface area (Å²) in [5.41, 5.74) is 1.72. The summed E-state index contributed by atoms with van der Waals surface area (Å²) in [4.78, 5) is 12.7. The Morgan fingerprint density at radius 2 is 2.05 bits per heavy atom. The smallest absolute Gasteiger partial charge is 0.233 e. The van der Waals surface area contributed by atoms with Crippen LogP contribution in [0.3, 0.4) is 0 Å². The average molecular weight is 292 g/mol. The Bertz CT molecular complexity index is 517. The Hall–Kier alpha value is -1.59. The molecule has 1 saturated heterocycles. The van der Waals surface area contributed by atoms with E-state index in [1.807, 2.05) is 19.9 Å². The molecule has 116 valence electrons. The number of piperidine rings is 1. The van der Waals surface area contributed by atoms with Gasteiger partial charge in [0.05, 0.1) is 17.7 Å². The van der Waals surface area contributed by atoms with Crippen LogP contribution in [0.4, 0.5) is 5.69 Å². The highest BCUT2D eigenvalue weighted by atomic mass is 16.5. The van der Waals surface area contributed by atoms with Crippen molar-refractivity contribution in [3.05, 3.63) is 23.3 Å². The number of anilines is 1. The molecule has 1 aliphatic rings. The van der Waals surface area contributed by atoms with Gasteiger partial charge in [-0.2, -0.15) is 0 Å². The average Bonchev–Trinajstić information content (AvgIpc) is 2.45. The van der Waals surface area contributed by atoms with Crippen LogP contribution in [0.2, 0.25) is 0 Å². The van der Waals surface area contributed by atoms with Gasteiger partial charge in [-0.3, -0.25) is 4.79 Å². The number of hydrogen-bond donors (Lipinski definition) is 3. The van der Waals surface area contributed by atoms with Crippen LogP contribution < -0.4 is 10.6 Å². The maximum absolute atomic E-state index is 12.7. The van der Waals surface area contributed by atoms with Crippen LogP contribution in [0, 0.1) is 19.3 Å². The minimum Gasteiger partial charge on any atom is -0.505 e. The maximum atomic E-state index is 12.7. The van der Waals surface area contributed by atoms with E-state index in [4.69, 9.17) is 4.74 Å². The Kier molecular flexibility index (Phi) is 4.85. The Balaban J connectivity index is 2.23. The van der Waals surface area contributed by atoms with Gasteiger partial charge in [-0.1, -0.05) is 6.07 Å². The van der Waals surface area contributed by atoms with Crippen LogP contribution in [-0.2, 0) is 9.53 Å². The number of nitrogens with one attached hydrogen (secondary N) is 2. The normalized spacial score (nSPS) is 17.5. The molecule has 1 amide bonds. The number of ether oxygens (including phenoxy) is 1. The fraction of sp³-hybridized carbons (Fsp3) is 0.562. The number of carbonyl (C=O) groups excluding carboxylic acids is 1. The third-order valence-electron chi connectivity index (χ3n) is 4.16. The van der Waals surface area contributed by atoms with Crippen LogP contribution in [-0.4, -0.2) is 37.8 Å². The second-order valence-electron chi connectivity index (χ2n) is 5.90. The highest BCUT2D eigenvalue weighted by molar-refractivity contribution is 5.97. The molecule has 1 aromatic rings. The lowest BCUT2D eigenvalue weighted by molar-refractivity contribution is -0.130. The second kappa shape index (κ2) is 6.45. The molecule has 1 fully saturated rings. The van der Waals surface area contributed by atoms with E-state index < -0.39 is 5.41 Å². The topological polar surface area (TPSA) is 70.6 Å². The van der Waals surface area contributed by atoms with Crippen molar-refractivity contribution in [3.63, 3.8) is 0 Å². The molecule has 1 heterocycles. The van der Waals surface area contributed by atoms with Crippen molar-refractivity contribution in [1.82, 2.24) is 5.32 Å². The first-order valence-electron chi connectivity index (χ1n) is 7.30. The van der Waals surface area contributed by atoms with E-state index in [1.165, 1.54) is 0 Å². The highest BCUT2D eigenvalue weighted by Gasteiger charge is 2.39. The van der Waals surface area contributed by atoms with Crippen molar-refractivity contribution in [3.8, 4) is 5.75 Å². The van der Waals surface area contributed by atoms with Crippen molar-refractivity contribution in [1.29, 1.82) is 0 Å². The fourth-order valence-corrected chi connectivity index (χ4v) is 2.93. The first-order valence-corrected chi connectivity index (χ1v) is 7.30. The summed E-state index contributed by atoms with van der Waals surface area (Å²) in [5, 5.41) is 16.3. The van der Waals surface area contributed by atoms with Gasteiger partial charge in [0, 0.05) is 7.11 Å². The summed E-state index contributed by atoms with van der Waals surface area (Å²) in [6, 6.07) is 3.68. The summed E-state index contributed by atoms with van der Waals surface area (Å²) in [5.74, 6) is 0.0570. The van der Waals surface area contributed by atoms with Gasteiger partial charge >= 0.3 is 0 Å². The van der Waals surface area contributed by atoms with Crippen molar-refractivity contribution < 1.29 is 14.6 Å². The number of benzene rings is 1. The van der Waals surface area contributed by atoms with Crippen molar-refractivity contribution in [2.24, 2.45) is 5.41 Å². The summed E-state index contributed by atoms with van der Waals surface area (Å²) in [6.45, 7) is 5.77. The molecule has 1 aliphatic heterocycles. The zero-order valence-corrected chi connectivity index (χ0v) is 13.0. The molecule has 0 unspecified atom stereocenters. The van der Waals surface area contributed by atoms with Crippen LogP contribution in [0.5, 0.6) is 5.75 Å². The predicted octanol–water partition coefficient (Wildman–Crippen LogP) is 1.96. The molecule has 0 aromatic heterocycles. The maximum Gasteiger partial charge on any atom is 0.233 e. The zero-order valence-electron chi connectivity index (χ0n) is 13.0. The summed E-state index contributed by atoms with van der Waals surface area (Å²) in [6.07, 6.45) is 1.47. The van der Waals surface area contributed by atoms with E-state index in [2.05, 4.69) is 10.6 Å². The number of methoxy groups -OCH3 is 1. The van der Waals surface area contributed by atoms with Crippen LogP contribution in [0.15, 0.2) is 12.1 Å². The van der Waals surface area contributed by atoms with Crippen molar-refractivity contribution in [2.75, 3.05) is 32.1 Å². The highest BCUT2D eigenvalue weighted by Crippen LogP contribution is 2.34. The number of phenolic OH excluding ortho intramolecular Hbond substituents is 1. The third kappa shape index (κ3) is 3.36. The zero-order chi connectivity index (χ0) is 15.5. The Labute approximate surface area is 125 Å². The lowest BCUT2D eigenvalue weighted by Crippen LogP contribution is -2.47. The van der Waals surface area contributed by atoms with E-state index >= 15 is 0 Å². The molecule has 5 heteroatoms. The molecular formula is C16H24N2O3. The Morgan fingerprint density at radius 1 is 1.38 bits per heavy atom. The minimum absolute atomic E-state index is 0.0776. The third-order valence-corrected chi connectivity index (χ3v) is 4.16. The van der Waals surface area contributed by atoms with Crippen molar-refractivity contribution in [2.45, 2.75) is 26.7 Å². The monoisotopic (exact) mass is 292 g/mol. The molecule has 0 aliphatic carbocycles. The number of rotatable bonds is 4. The summed E-state index contributed by atoms with van der Waals surface area (Å²) in [7, 11) is 1.62. The van der Waals surface area contributed by atoms with Gasteiger partial charge in [0.25, 0.3) is 0 Å². The first kappa shape index (κ1) is 15.8. The van der Waals surface area contributed by atoms with E-state index in [0.29, 0.717) is 12.3 Å². The van der Waals surface area contributed by atoms with E-state index in [9.17, 15) is 9.90 Å². The van der Waals surface area contributed by atoms with Crippen LogP contribution >= 0.6 is 0 Å². The molecule has 0 bridgehead atoms. The molecule has 3 N–H and O–H groups in total. The van der Waals surface area contributed by atoms with Crippen LogP contribution in [0.1, 0.15) is 24.0 Å². The lowest BCUT2D eigenvalue weighted by atomic mass is 9.78. The quantitative estimate of drug-likeness (QED) is 0.742. The van der Waals surface area contributed by atoms with Crippen LogP contribution in [0.25, 0.3) is 0 Å². The largest absolute Gasteiger partial charge is 0.505 e. The molecule has 1 aromatic carbocycles. The van der Waals surface area contributed by atoms with Gasteiger partial charge in [0.2, 0.25) is 5.91 Å². The lowest BCUT2D eigenvalue weighted by Gasteiger charge is -2.35. The molecule has 0 saturated carbocycles. The van der Waals surface area contributed by atoms with Gasteiger partial charge in [-0.05, 0) is 57.0 Å². The van der Waals surface area contributed by atoms with Gasteiger partial charge in [0.15, 0.2) is 0 Å². The fourth-order valence-electron chi connectivity index (χ4n) is 2.93. The number of phenols is 1. The van der Waals surface area contributed by atoms with Gasteiger partial charge in [-0.25, -0.2) is 0 Å². The molecule has 0 radical (unpaired) electrons. The standard InChI is InChI=1S/C16H24N2O3/c1-11-8-12(2)14(19)13(9-11)18-15(20)16(10-21-3)4-6-17-7-5-16/h8-9,17,19H,4-7,10H2,1-3H3,(H,18,20). The number of aromatic hydroxyl groups is 1. The van der Waals surface area contributed by atoms with Gasteiger partial charge < -0.3 is 20.5 Å². The molecular weight excluding hydrogens is 268 g/mol. The minimum atomic E-state index is -0.524. The summed E-state index contributed by atoms with van der Waals surface area (Å²) < 4.78 is 5.27. The van der Waals surface area contributed by atoms with Crippen molar-refractivity contribution >= 4 is 11.6 Å². The number of amides is 1. The SMILES string of the molecule is COCC1(C(=O)Nc2cc(C)cc(C)c2O)CCNCC1. The first-order chi connectivity index (χ1) is 9.98. The van der Waals surface area contributed by atoms with Gasteiger partial charge in [-0.15, -0.1) is 0 Å². The molecule has 0 atom stereocenters. The summed E-state index contributed by atoms with van der Waals surface area (Å²) >= 11 is 0. The van der Waals surface area contributed by atoms with E-state index in [-0.39, 0.29) is 11.7 Å². The van der Waals surface area contributed by atoms with Gasteiger partial charge in [0.1, 0.15) is 5.75 Å². The van der Waals surface area contributed by atoms with E-state index in [1.54, 1.807) is 13.2 Å². The molecule has 2 rings (SSSR count). The Morgan fingerprint density at radius 3 is 2.67 bits per heavy atom. The van der Waals surface area contributed by atoms with E-state index in [0.717, 1.165) is 37.1 Å². The molecule has 21 heavy (non-hydrogen) atoms. The number of hydrogen-bond acceptors (Lipinski definition) is 4. The number of carbonyl (C=O) groups is 1.